The molecule has 1 N–H and O–H groups in total. The average Bonchev–Trinajstić information content (AvgIpc) is 2.51. The van der Waals surface area contributed by atoms with Gasteiger partial charge in [0, 0.05) is 6.54 Å². The Hall–Kier alpha value is -1.06. The summed E-state index contributed by atoms with van der Waals surface area (Å²) in [6.07, 6.45) is 6.12. The standard InChI is InChI=1S/C10H16N2O2/c13-9-6-11-10(14)12(9)7-8-4-2-1-3-5-8/h8H,1-7H2,(H,11,14). The van der Waals surface area contributed by atoms with Crippen LogP contribution < -0.4 is 5.32 Å². The number of amides is 3. The third kappa shape index (κ3) is 1.89. The molecule has 1 saturated heterocycles. The first kappa shape index (κ1) is 9.49. The van der Waals surface area contributed by atoms with Crippen molar-refractivity contribution in [3.05, 3.63) is 0 Å². The lowest BCUT2D eigenvalue weighted by atomic mass is 9.89. The summed E-state index contributed by atoms with van der Waals surface area (Å²) >= 11 is 0. The molecule has 2 fully saturated rings. The summed E-state index contributed by atoms with van der Waals surface area (Å²) in [5.41, 5.74) is 0. The van der Waals surface area contributed by atoms with Gasteiger partial charge in [0.1, 0.15) is 0 Å². The van der Waals surface area contributed by atoms with Crippen LogP contribution in [0.15, 0.2) is 0 Å². The van der Waals surface area contributed by atoms with Crippen molar-refractivity contribution in [2.24, 2.45) is 5.92 Å². The molecule has 1 saturated carbocycles. The quantitative estimate of drug-likeness (QED) is 0.673. The molecule has 0 aromatic carbocycles. The Labute approximate surface area is 83.6 Å². The number of carbonyl (C=O) groups is 2. The minimum Gasteiger partial charge on any atom is -0.329 e. The number of rotatable bonds is 2. The lowest BCUT2D eigenvalue weighted by molar-refractivity contribution is -0.125. The summed E-state index contributed by atoms with van der Waals surface area (Å²) in [4.78, 5) is 23.9. The van der Waals surface area contributed by atoms with Gasteiger partial charge >= 0.3 is 6.03 Å². The van der Waals surface area contributed by atoms with Crippen LogP contribution in [0.25, 0.3) is 0 Å². The van der Waals surface area contributed by atoms with E-state index in [1.807, 2.05) is 0 Å². The highest BCUT2D eigenvalue weighted by atomic mass is 16.2. The topological polar surface area (TPSA) is 49.4 Å². The zero-order valence-electron chi connectivity index (χ0n) is 8.29. The molecule has 0 unspecified atom stereocenters. The maximum atomic E-state index is 11.3. The molecule has 2 aliphatic rings. The molecule has 2 rings (SSSR count). The number of hydrogen-bond donors (Lipinski definition) is 1. The highest BCUT2D eigenvalue weighted by Gasteiger charge is 2.30. The first-order valence-electron chi connectivity index (χ1n) is 5.35. The van der Waals surface area contributed by atoms with Crippen LogP contribution in [0.4, 0.5) is 4.79 Å². The van der Waals surface area contributed by atoms with Gasteiger partial charge < -0.3 is 5.32 Å². The van der Waals surface area contributed by atoms with Crippen LogP contribution in [0.5, 0.6) is 0 Å². The zero-order chi connectivity index (χ0) is 9.97. The third-order valence-electron chi connectivity index (χ3n) is 3.10. The highest BCUT2D eigenvalue weighted by molar-refractivity contribution is 6.01. The van der Waals surface area contributed by atoms with E-state index in [4.69, 9.17) is 0 Å². The van der Waals surface area contributed by atoms with Gasteiger partial charge in [-0.15, -0.1) is 0 Å². The summed E-state index contributed by atoms with van der Waals surface area (Å²) in [7, 11) is 0. The van der Waals surface area contributed by atoms with Crippen LogP contribution in [0.3, 0.4) is 0 Å². The highest BCUT2D eigenvalue weighted by Crippen LogP contribution is 2.24. The second-order valence-corrected chi connectivity index (χ2v) is 4.17. The van der Waals surface area contributed by atoms with E-state index in [0.29, 0.717) is 12.5 Å². The Bertz CT molecular complexity index is 231. The van der Waals surface area contributed by atoms with Gasteiger partial charge in [0.05, 0.1) is 6.54 Å². The van der Waals surface area contributed by atoms with Crippen molar-refractivity contribution in [1.82, 2.24) is 10.2 Å². The third-order valence-corrected chi connectivity index (χ3v) is 3.10. The van der Waals surface area contributed by atoms with Gasteiger partial charge in [-0.3, -0.25) is 9.69 Å². The van der Waals surface area contributed by atoms with Crippen molar-refractivity contribution in [2.45, 2.75) is 32.1 Å². The van der Waals surface area contributed by atoms with E-state index in [2.05, 4.69) is 5.32 Å². The predicted octanol–water partition coefficient (Wildman–Crippen LogP) is 1.12. The van der Waals surface area contributed by atoms with Crippen molar-refractivity contribution in [3.63, 3.8) is 0 Å². The molecule has 78 valence electrons. The molecule has 0 atom stereocenters. The molecule has 0 aromatic heterocycles. The van der Waals surface area contributed by atoms with E-state index in [1.54, 1.807) is 0 Å². The van der Waals surface area contributed by atoms with Crippen LogP contribution in [0.2, 0.25) is 0 Å². The molecule has 1 heterocycles. The maximum absolute atomic E-state index is 11.3. The lowest BCUT2D eigenvalue weighted by Gasteiger charge is -2.24. The first-order valence-corrected chi connectivity index (χ1v) is 5.35. The van der Waals surface area contributed by atoms with E-state index < -0.39 is 0 Å². The molecule has 0 radical (unpaired) electrons. The number of nitrogens with zero attached hydrogens (tertiary/aromatic N) is 1. The van der Waals surface area contributed by atoms with E-state index in [-0.39, 0.29) is 18.5 Å². The van der Waals surface area contributed by atoms with Crippen LogP contribution >= 0.6 is 0 Å². The van der Waals surface area contributed by atoms with Gasteiger partial charge in [-0.25, -0.2) is 4.79 Å². The average molecular weight is 196 g/mol. The molecular weight excluding hydrogens is 180 g/mol. The summed E-state index contributed by atoms with van der Waals surface area (Å²) in [6.45, 7) is 0.816. The molecule has 4 heteroatoms. The van der Waals surface area contributed by atoms with Gasteiger partial charge in [0.15, 0.2) is 0 Å². The van der Waals surface area contributed by atoms with Crippen molar-refractivity contribution in [3.8, 4) is 0 Å². The monoisotopic (exact) mass is 196 g/mol. The Morgan fingerprint density at radius 3 is 2.50 bits per heavy atom. The second-order valence-electron chi connectivity index (χ2n) is 4.17. The fourth-order valence-electron chi connectivity index (χ4n) is 2.27. The van der Waals surface area contributed by atoms with Crippen molar-refractivity contribution < 1.29 is 9.59 Å². The van der Waals surface area contributed by atoms with E-state index in [0.717, 1.165) is 12.8 Å². The minimum absolute atomic E-state index is 0.0689. The van der Waals surface area contributed by atoms with Crippen molar-refractivity contribution in [2.75, 3.05) is 13.1 Å². The summed E-state index contributed by atoms with van der Waals surface area (Å²) in [5, 5.41) is 2.55. The number of imide groups is 1. The molecule has 3 amide bonds. The van der Waals surface area contributed by atoms with Gasteiger partial charge in [-0.05, 0) is 18.8 Å². The molecular formula is C10H16N2O2. The molecule has 0 spiro atoms. The maximum Gasteiger partial charge on any atom is 0.324 e. The van der Waals surface area contributed by atoms with Gasteiger partial charge in [0.25, 0.3) is 0 Å². The van der Waals surface area contributed by atoms with E-state index in [1.165, 1.54) is 24.2 Å². The van der Waals surface area contributed by atoms with Crippen LogP contribution in [0.1, 0.15) is 32.1 Å². The van der Waals surface area contributed by atoms with E-state index in [9.17, 15) is 9.59 Å². The molecule has 1 aliphatic carbocycles. The molecule has 4 nitrogen and oxygen atoms in total. The number of carbonyl (C=O) groups excluding carboxylic acids is 2. The predicted molar refractivity (Wildman–Crippen MR) is 51.7 cm³/mol. The van der Waals surface area contributed by atoms with Gasteiger partial charge in [0.2, 0.25) is 5.91 Å². The zero-order valence-corrected chi connectivity index (χ0v) is 8.29. The number of urea groups is 1. The normalized spacial score (nSPS) is 24.1. The Kier molecular flexibility index (Phi) is 2.70. The van der Waals surface area contributed by atoms with Crippen LogP contribution in [-0.2, 0) is 4.79 Å². The Morgan fingerprint density at radius 2 is 1.93 bits per heavy atom. The van der Waals surface area contributed by atoms with Gasteiger partial charge in [-0.1, -0.05) is 19.3 Å². The van der Waals surface area contributed by atoms with Gasteiger partial charge in [-0.2, -0.15) is 0 Å². The first-order chi connectivity index (χ1) is 6.77. The second kappa shape index (κ2) is 3.98. The SMILES string of the molecule is O=C1CNC(=O)N1CC1CCCCC1. The molecule has 0 aromatic rings. The number of nitrogens with one attached hydrogen (secondary N) is 1. The fourth-order valence-corrected chi connectivity index (χ4v) is 2.27. The summed E-state index contributed by atoms with van der Waals surface area (Å²) in [5.74, 6) is 0.470. The molecule has 1 aliphatic heterocycles. The van der Waals surface area contributed by atoms with E-state index >= 15 is 0 Å². The Balaban J connectivity index is 1.89. The number of hydrogen-bond acceptors (Lipinski definition) is 2. The fraction of sp³-hybridized carbons (Fsp3) is 0.800. The van der Waals surface area contributed by atoms with Crippen molar-refractivity contribution in [1.29, 1.82) is 0 Å². The molecule has 14 heavy (non-hydrogen) atoms. The summed E-state index contributed by atoms with van der Waals surface area (Å²) < 4.78 is 0. The van der Waals surface area contributed by atoms with Crippen LogP contribution in [0, 0.1) is 5.92 Å². The largest absolute Gasteiger partial charge is 0.329 e. The lowest BCUT2D eigenvalue weighted by Crippen LogP contribution is -2.36. The smallest absolute Gasteiger partial charge is 0.324 e. The van der Waals surface area contributed by atoms with Crippen molar-refractivity contribution >= 4 is 11.9 Å². The minimum atomic E-state index is -0.208. The van der Waals surface area contributed by atoms with Crippen LogP contribution in [-0.4, -0.2) is 29.9 Å². The Morgan fingerprint density at radius 1 is 1.21 bits per heavy atom. The molecule has 0 bridgehead atoms. The summed E-state index contributed by atoms with van der Waals surface area (Å²) in [6, 6.07) is -0.208.